The second kappa shape index (κ2) is 11.4. The van der Waals surface area contributed by atoms with E-state index in [4.69, 9.17) is 11.6 Å². The molecule has 0 saturated carbocycles. The highest BCUT2D eigenvalue weighted by Crippen LogP contribution is 2.37. The van der Waals surface area contributed by atoms with Gasteiger partial charge in [-0.3, -0.25) is 9.59 Å². The number of anilines is 1. The summed E-state index contributed by atoms with van der Waals surface area (Å²) in [6, 6.07) is 10.5. The number of fused-ring (bicyclic) bond motifs is 1. The maximum atomic E-state index is 13.6. The van der Waals surface area contributed by atoms with Gasteiger partial charge >= 0.3 is 6.18 Å². The Bertz CT molecular complexity index is 1540. The number of amides is 2. The molecule has 0 aliphatic heterocycles. The van der Waals surface area contributed by atoms with Crippen molar-refractivity contribution in [3.63, 3.8) is 0 Å². The molecule has 2 heterocycles. The van der Waals surface area contributed by atoms with Crippen LogP contribution < -0.4 is 10.6 Å². The number of rotatable bonds is 7. The highest BCUT2D eigenvalue weighted by atomic mass is 79.9. The van der Waals surface area contributed by atoms with Crippen LogP contribution in [-0.2, 0) is 6.18 Å². The summed E-state index contributed by atoms with van der Waals surface area (Å²) in [5.41, 5.74) is -1.56. The van der Waals surface area contributed by atoms with Gasteiger partial charge in [0.25, 0.3) is 11.8 Å². The zero-order valence-corrected chi connectivity index (χ0v) is 23.6. The van der Waals surface area contributed by atoms with Gasteiger partial charge in [-0.25, -0.2) is 9.67 Å². The molecule has 7 nitrogen and oxygen atoms in total. The smallest absolute Gasteiger partial charge is 0.352 e. The molecule has 0 spiro atoms. The number of unbranched alkanes of at least 4 members (excludes halogenated alkanes) is 1. The van der Waals surface area contributed by atoms with Gasteiger partial charge in [-0.05, 0) is 63.5 Å². The van der Waals surface area contributed by atoms with E-state index in [0.717, 1.165) is 22.0 Å². The van der Waals surface area contributed by atoms with Gasteiger partial charge in [-0.1, -0.05) is 46.9 Å². The lowest BCUT2D eigenvalue weighted by atomic mass is 10.0. The normalized spacial score (nSPS) is 11.6. The maximum absolute atomic E-state index is 13.6. The Labute approximate surface area is 237 Å². The number of alkyl halides is 3. The Morgan fingerprint density at radius 3 is 2.55 bits per heavy atom. The minimum absolute atomic E-state index is 0.00757. The number of benzene rings is 2. The molecule has 2 aromatic heterocycles. The fraction of sp³-hybridized carbons (Fsp3) is 0.200. The van der Waals surface area contributed by atoms with Crippen LogP contribution in [0.3, 0.4) is 0 Å². The lowest BCUT2D eigenvalue weighted by molar-refractivity contribution is -0.141. The van der Waals surface area contributed by atoms with E-state index in [9.17, 15) is 22.8 Å². The number of hydrogen-bond donors (Lipinski definition) is 2. The molecule has 38 heavy (non-hydrogen) atoms. The molecule has 0 aliphatic carbocycles. The lowest BCUT2D eigenvalue weighted by Crippen LogP contribution is -2.27. The first-order chi connectivity index (χ1) is 18.0. The van der Waals surface area contributed by atoms with E-state index >= 15 is 0 Å². The molecule has 0 fully saturated rings. The quantitative estimate of drug-likeness (QED) is 0.200. The molecule has 0 bridgehead atoms. The van der Waals surface area contributed by atoms with Crippen molar-refractivity contribution in [2.75, 3.05) is 11.9 Å². The largest absolute Gasteiger partial charge is 0.435 e. The molecule has 0 unspecified atom stereocenters. The molecule has 13 heteroatoms. The topological polar surface area (TPSA) is 88.9 Å². The summed E-state index contributed by atoms with van der Waals surface area (Å²) in [4.78, 5) is 30.6. The molecule has 2 N–H and O–H groups in total. The van der Waals surface area contributed by atoms with Crippen LogP contribution in [-0.4, -0.2) is 33.1 Å². The van der Waals surface area contributed by atoms with Crippen LogP contribution in [0.2, 0.25) is 5.02 Å². The van der Waals surface area contributed by atoms with E-state index in [2.05, 4.69) is 52.6 Å². The average molecular weight is 674 g/mol. The summed E-state index contributed by atoms with van der Waals surface area (Å²) in [6.45, 7) is 2.39. The Balaban J connectivity index is 1.83. The third kappa shape index (κ3) is 5.87. The van der Waals surface area contributed by atoms with Gasteiger partial charge in [-0.15, -0.1) is 0 Å². The minimum atomic E-state index is -4.83. The molecule has 0 aliphatic rings. The zero-order valence-electron chi connectivity index (χ0n) is 19.7. The second-order valence-electron chi connectivity index (χ2n) is 8.18. The average Bonchev–Trinajstić information content (AvgIpc) is 3.32. The molecular formula is C25H19Br2ClF3N5O2. The number of hydrogen-bond acceptors (Lipinski definition) is 4. The highest BCUT2D eigenvalue weighted by Gasteiger charge is 2.37. The fourth-order valence-corrected chi connectivity index (χ4v) is 4.92. The minimum Gasteiger partial charge on any atom is -0.352 e. The standard InChI is InChI=1S/C25H19Br2ClF3N5O2/c1-2-3-8-33-23(37)16-11-13-10-14(26)6-7-15(13)20(27)21(16)34-24(38)18-12-19(25(29,30)31)35-36(18)22-17(28)5-4-9-32-22/h4-7,9-12H,2-3,8H2,1H3,(H,33,37)(H,34,38). The van der Waals surface area contributed by atoms with Crippen LogP contribution in [0.5, 0.6) is 0 Å². The fourth-order valence-electron chi connectivity index (χ4n) is 3.66. The second-order valence-corrected chi connectivity index (χ2v) is 10.3. The van der Waals surface area contributed by atoms with Crippen LogP contribution in [0.1, 0.15) is 46.3 Å². The summed E-state index contributed by atoms with van der Waals surface area (Å²) >= 11 is 13.0. The first-order valence-corrected chi connectivity index (χ1v) is 13.3. The van der Waals surface area contributed by atoms with Gasteiger partial charge in [0.15, 0.2) is 11.5 Å². The zero-order chi connectivity index (χ0) is 27.6. The summed E-state index contributed by atoms with van der Waals surface area (Å²) in [5, 5.41) is 10.3. The van der Waals surface area contributed by atoms with E-state index in [-0.39, 0.29) is 22.1 Å². The van der Waals surface area contributed by atoms with Crippen LogP contribution >= 0.6 is 43.5 Å². The molecule has 2 amide bonds. The van der Waals surface area contributed by atoms with Gasteiger partial charge in [-0.2, -0.15) is 18.3 Å². The number of halogens is 6. The summed E-state index contributed by atoms with van der Waals surface area (Å²) < 4.78 is 42.5. The van der Waals surface area contributed by atoms with Crippen molar-refractivity contribution in [1.29, 1.82) is 0 Å². The summed E-state index contributed by atoms with van der Waals surface area (Å²) in [5.74, 6) is -1.56. The lowest BCUT2D eigenvalue weighted by Gasteiger charge is -2.16. The van der Waals surface area contributed by atoms with Crippen molar-refractivity contribution in [2.45, 2.75) is 25.9 Å². The van der Waals surface area contributed by atoms with Crippen molar-refractivity contribution >= 4 is 71.7 Å². The number of carbonyl (C=O) groups excluding carboxylic acids is 2. The Morgan fingerprint density at radius 1 is 1.11 bits per heavy atom. The SMILES string of the molecule is CCCCNC(=O)c1cc2cc(Br)ccc2c(Br)c1NC(=O)c1cc(C(F)(F)F)nn1-c1ncccc1Cl. The number of nitrogens with one attached hydrogen (secondary N) is 2. The molecule has 0 saturated heterocycles. The van der Waals surface area contributed by atoms with Crippen molar-refractivity contribution in [1.82, 2.24) is 20.1 Å². The van der Waals surface area contributed by atoms with Crippen LogP contribution in [0.4, 0.5) is 18.9 Å². The summed E-state index contributed by atoms with van der Waals surface area (Å²) in [6.07, 6.45) is -1.91. The van der Waals surface area contributed by atoms with E-state index in [1.807, 2.05) is 13.0 Å². The third-order valence-electron chi connectivity index (χ3n) is 5.51. The third-order valence-corrected chi connectivity index (χ3v) is 7.12. The van der Waals surface area contributed by atoms with Crippen LogP contribution in [0, 0.1) is 0 Å². The monoisotopic (exact) mass is 671 g/mol. The molecule has 4 aromatic rings. The van der Waals surface area contributed by atoms with Gasteiger partial charge in [0.2, 0.25) is 0 Å². The van der Waals surface area contributed by atoms with Crippen LogP contribution in [0.25, 0.3) is 16.6 Å². The van der Waals surface area contributed by atoms with Gasteiger partial charge in [0.1, 0.15) is 5.69 Å². The van der Waals surface area contributed by atoms with E-state index in [1.54, 1.807) is 18.2 Å². The highest BCUT2D eigenvalue weighted by molar-refractivity contribution is 9.11. The first kappa shape index (κ1) is 28.1. The van der Waals surface area contributed by atoms with Gasteiger partial charge < -0.3 is 10.6 Å². The molecule has 2 aromatic carbocycles. The Kier molecular flexibility index (Phi) is 8.43. The van der Waals surface area contributed by atoms with Crippen LogP contribution in [0.15, 0.2) is 57.6 Å². The predicted molar refractivity (Wildman–Crippen MR) is 146 cm³/mol. The van der Waals surface area contributed by atoms with E-state index in [1.165, 1.54) is 18.3 Å². The van der Waals surface area contributed by atoms with Crippen molar-refractivity contribution < 1.29 is 22.8 Å². The molecule has 4 rings (SSSR count). The molecule has 198 valence electrons. The van der Waals surface area contributed by atoms with Gasteiger partial charge in [0, 0.05) is 27.8 Å². The number of carbonyl (C=O) groups is 2. The Hall–Kier alpha value is -2.96. The predicted octanol–water partition coefficient (Wildman–Crippen LogP) is 7.40. The summed E-state index contributed by atoms with van der Waals surface area (Å²) in [7, 11) is 0. The first-order valence-electron chi connectivity index (χ1n) is 11.3. The van der Waals surface area contributed by atoms with Crippen molar-refractivity contribution in [3.8, 4) is 5.82 Å². The van der Waals surface area contributed by atoms with E-state index < -0.39 is 29.4 Å². The molecule has 0 radical (unpaired) electrons. The number of pyridine rings is 1. The van der Waals surface area contributed by atoms with Crippen molar-refractivity contribution in [2.24, 2.45) is 0 Å². The Morgan fingerprint density at radius 2 is 1.87 bits per heavy atom. The number of nitrogens with zero attached hydrogens (tertiary/aromatic N) is 3. The maximum Gasteiger partial charge on any atom is 0.435 e. The number of aromatic nitrogens is 3. The van der Waals surface area contributed by atoms with Gasteiger partial charge in [0.05, 0.1) is 16.3 Å². The molecular weight excluding hydrogens is 655 g/mol. The van der Waals surface area contributed by atoms with Crippen molar-refractivity contribution in [3.05, 3.63) is 79.6 Å². The molecule has 0 atom stereocenters. The van der Waals surface area contributed by atoms with E-state index in [0.29, 0.717) is 27.9 Å².